The lowest BCUT2D eigenvalue weighted by Gasteiger charge is -2.42. The van der Waals surface area contributed by atoms with Crippen LogP contribution in [0.3, 0.4) is 0 Å². The Balaban J connectivity index is 1.15. The average molecular weight is 1220 g/mol. The van der Waals surface area contributed by atoms with E-state index in [1.54, 1.807) is 40.3 Å². The number of methoxy groups -OCH3 is 2. The first-order valence-electron chi connectivity index (χ1n) is 31.2. The van der Waals surface area contributed by atoms with Gasteiger partial charge in [0.15, 0.2) is 5.78 Å². The molecule has 3 saturated heterocycles. The van der Waals surface area contributed by atoms with Crippen molar-refractivity contribution in [1.29, 1.82) is 0 Å². The number of hydrogen-bond donors (Lipinski definition) is 5. The molecule has 5 heterocycles. The maximum atomic E-state index is 14.6. The molecule has 0 radical (unpaired) electrons. The number of ether oxygens (including phenoxy) is 6. The minimum absolute atomic E-state index is 0.00539. The second kappa shape index (κ2) is 33.7. The van der Waals surface area contributed by atoms with Gasteiger partial charge in [-0.25, -0.2) is 19.6 Å². The number of fused-ring (bicyclic) bond motifs is 3. The Morgan fingerprint density at radius 1 is 0.851 bits per heavy atom. The fraction of sp³-hybridized carbons (Fsp3) is 0.703. The molecule has 5 aliphatic rings. The summed E-state index contributed by atoms with van der Waals surface area (Å²) in [6.45, 7) is 15.5. The topological polar surface area (TPSA) is 309 Å². The summed E-state index contributed by atoms with van der Waals surface area (Å²) in [5.41, 5.74) is 8.66. The van der Waals surface area contributed by atoms with Gasteiger partial charge in [0.05, 0.1) is 31.3 Å². The molecule has 6 rings (SSSR count). The second-order valence-electron chi connectivity index (χ2n) is 24.5. The fourth-order valence-electron chi connectivity index (χ4n) is 12.4. The van der Waals surface area contributed by atoms with Gasteiger partial charge in [-0.05, 0) is 108 Å². The molecular formula is C64H97N7O16. The minimum atomic E-state index is -2.50. The number of cyclic esters (lactones) is 1. The smallest absolute Gasteiger partial charge is 0.407 e. The number of aliphatic hydroxyl groups is 3. The zero-order valence-electron chi connectivity index (χ0n) is 52.5. The predicted molar refractivity (Wildman–Crippen MR) is 322 cm³/mol. The van der Waals surface area contributed by atoms with Crippen LogP contribution in [0.1, 0.15) is 138 Å². The quantitative estimate of drug-likeness (QED) is 0.0750. The number of Topliss-reactive ketones (excluding diaryl/α,β-unsaturated/α-hetero) is 3. The van der Waals surface area contributed by atoms with Crippen LogP contribution in [0.2, 0.25) is 0 Å². The van der Waals surface area contributed by atoms with Crippen LogP contribution >= 0.6 is 0 Å². The number of alkyl carbamates (subject to hydrolysis) is 1. The standard InChI is InChI=1S/C64H97N7O16/c1-10-84-29-23-55(73)69-25-27-70(28-26-69)62-66-36-46(37-67-62)38-68-63(80)86-51-22-20-45(33-54(51)83-9)32-48(65)53-35-50(72)41(4)31-43(6)57(75)58(76)56(74)42(5)30-39(2)16-12-11-13-17-40(3)52(82-8)34-47-21-19-44(7)64(81,87-47)59(77)60(78)71-24-15-14-18-49(71)61(79)85-53/h11-13,16-17,31,36-37,39,41-42,44-45,47-49,51-54,57-58,75-76,81H,10,14-15,18-30,32-35,38,65H2,1-9H3,(H,68,80)/b13-11+,16-12+,40-17+,43-31+/t39-,41-,42-,44-,45+,47+,48-,49+,51-,52+,53+,54-,57-,58+,64-/m1/s1. The second-order valence-corrected chi connectivity index (χ2v) is 24.5. The van der Waals surface area contributed by atoms with E-state index in [1.165, 1.54) is 20.1 Å². The number of anilines is 1. The Hall–Kier alpha value is -5.79. The van der Waals surface area contributed by atoms with Crippen molar-refractivity contribution >= 4 is 47.2 Å². The van der Waals surface area contributed by atoms with Gasteiger partial charge >= 0.3 is 12.1 Å². The summed E-state index contributed by atoms with van der Waals surface area (Å²) in [6.07, 6.45) is 10.5. The summed E-state index contributed by atoms with van der Waals surface area (Å²) in [4.78, 5) is 111. The number of carbonyl (C=O) groups excluding carboxylic acids is 7. The molecule has 87 heavy (non-hydrogen) atoms. The highest BCUT2D eigenvalue weighted by atomic mass is 16.6. The summed E-state index contributed by atoms with van der Waals surface area (Å²) in [6, 6.07) is -2.23. The highest BCUT2D eigenvalue weighted by Crippen LogP contribution is 2.38. The third-order valence-corrected chi connectivity index (χ3v) is 17.9. The van der Waals surface area contributed by atoms with Crippen LogP contribution < -0.4 is 16.0 Å². The van der Waals surface area contributed by atoms with Crippen molar-refractivity contribution in [2.75, 3.05) is 65.1 Å². The third-order valence-electron chi connectivity index (χ3n) is 17.9. The Labute approximate surface area is 512 Å². The number of nitrogens with one attached hydrogen (secondary N) is 1. The average Bonchev–Trinajstić information content (AvgIpc) is 1.65. The number of ketones is 3. The number of aromatic nitrogens is 2. The highest BCUT2D eigenvalue weighted by molar-refractivity contribution is 6.39. The number of esters is 1. The first-order valence-corrected chi connectivity index (χ1v) is 31.2. The molecule has 6 N–H and O–H groups in total. The van der Waals surface area contributed by atoms with Crippen LogP contribution in [0.15, 0.2) is 60.0 Å². The summed E-state index contributed by atoms with van der Waals surface area (Å²) in [5.74, 6) is -8.65. The van der Waals surface area contributed by atoms with E-state index in [9.17, 15) is 48.9 Å². The number of carbonyl (C=O) groups is 7. The highest BCUT2D eigenvalue weighted by Gasteiger charge is 2.53. The lowest BCUT2D eigenvalue weighted by molar-refractivity contribution is -0.265. The van der Waals surface area contributed by atoms with E-state index in [0.29, 0.717) is 109 Å². The molecule has 0 aromatic carbocycles. The molecule has 1 aromatic rings. The minimum Gasteiger partial charge on any atom is -0.459 e. The van der Waals surface area contributed by atoms with Gasteiger partial charge in [0.2, 0.25) is 17.6 Å². The molecule has 23 heteroatoms. The van der Waals surface area contributed by atoms with Crippen molar-refractivity contribution in [3.63, 3.8) is 0 Å². The van der Waals surface area contributed by atoms with Gasteiger partial charge in [0.25, 0.3) is 11.7 Å². The summed E-state index contributed by atoms with van der Waals surface area (Å²) in [5, 5.41) is 37.2. The number of aliphatic hydroxyl groups excluding tert-OH is 2. The van der Waals surface area contributed by atoms with Gasteiger partial charge in [-0.3, -0.25) is 24.0 Å². The van der Waals surface area contributed by atoms with Crippen LogP contribution in [0.4, 0.5) is 10.7 Å². The van der Waals surface area contributed by atoms with Gasteiger partial charge in [-0.15, -0.1) is 0 Å². The van der Waals surface area contributed by atoms with Gasteiger partial charge in [-0.1, -0.05) is 64.2 Å². The molecule has 4 fully saturated rings. The van der Waals surface area contributed by atoms with Gasteiger partial charge < -0.3 is 69.5 Å². The predicted octanol–water partition coefficient (Wildman–Crippen LogP) is 5.02. The van der Waals surface area contributed by atoms with E-state index >= 15 is 0 Å². The molecule has 3 amide bonds. The zero-order valence-corrected chi connectivity index (χ0v) is 52.5. The van der Waals surface area contributed by atoms with Crippen LogP contribution in [0, 0.1) is 29.6 Å². The normalized spacial score (nSPS) is 34.1. The summed E-state index contributed by atoms with van der Waals surface area (Å²) in [7, 11) is 3.07. The number of nitrogens with zero attached hydrogens (tertiary/aromatic N) is 5. The van der Waals surface area contributed by atoms with Gasteiger partial charge in [-0.2, -0.15) is 0 Å². The summed E-state index contributed by atoms with van der Waals surface area (Å²) < 4.78 is 35.3. The number of amides is 3. The SMILES string of the molecule is CCOCCC(=O)N1CCN(c2ncc(CNC(=O)O[C@@H]3CC[C@@H](C[C@@H](N)[C@@H]4CC(=O)[C@H](C)/C=C(\C)[C@@H](O)[C@@H](O)C(=O)[C@H](C)C[C@H](C)/C=C/C=C/C=C(\C)[C@@H](OC)C[C@@H]5CC[C@@H](C)[C@@](O)(O5)C(=O)C(=O)N5CCCC[C@H]5C(=O)O4)C[C@H]3OC)cn2)CC1. The molecule has 1 aliphatic carbocycles. The lowest BCUT2D eigenvalue weighted by atomic mass is 9.80. The van der Waals surface area contributed by atoms with Crippen molar-refractivity contribution < 1.29 is 77.3 Å². The van der Waals surface area contributed by atoms with Crippen molar-refractivity contribution in [3.8, 4) is 0 Å². The number of nitrogens with two attached hydrogens (primary N) is 1. The van der Waals surface area contributed by atoms with Crippen molar-refractivity contribution in [3.05, 3.63) is 65.6 Å². The number of hydrogen-bond acceptors (Lipinski definition) is 20. The van der Waals surface area contributed by atoms with Crippen molar-refractivity contribution in [1.82, 2.24) is 25.1 Å². The van der Waals surface area contributed by atoms with Crippen LogP contribution in [0.5, 0.6) is 0 Å². The van der Waals surface area contributed by atoms with E-state index in [2.05, 4.69) is 15.3 Å². The van der Waals surface area contributed by atoms with Gasteiger partial charge in [0.1, 0.15) is 36.2 Å². The molecule has 0 unspecified atom stereocenters. The van der Waals surface area contributed by atoms with E-state index in [4.69, 9.17) is 34.2 Å². The third kappa shape index (κ3) is 19.6. The molecular weight excluding hydrogens is 1120 g/mol. The summed E-state index contributed by atoms with van der Waals surface area (Å²) >= 11 is 0. The molecule has 484 valence electrons. The van der Waals surface area contributed by atoms with Crippen LogP contribution in [0.25, 0.3) is 0 Å². The number of piperazine rings is 1. The van der Waals surface area contributed by atoms with E-state index in [0.717, 1.165) is 10.5 Å². The fourth-order valence-corrected chi connectivity index (χ4v) is 12.4. The van der Waals surface area contributed by atoms with Crippen molar-refractivity contribution in [2.24, 2.45) is 35.3 Å². The Morgan fingerprint density at radius 2 is 1.57 bits per heavy atom. The Kier molecular flexibility index (Phi) is 27.2. The number of rotatable bonds is 13. The lowest BCUT2D eigenvalue weighted by Crippen LogP contribution is -2.61. The zero-order chi connectivity index (χ0) is 63.5. The number of piperidine rings is 1. The van der Waals surface area contributed by atoms with E-state index < -0.39 is 120 Å². The van der Waals surface area contributed by atoms with Gasteiger partial charge in [0, 0.05) is 115 Å². The molecule has 4 aliphatic heterocycles. The molecule has 1 saturated carbocycles. The van der Waals surface area contributed by atoms with Crippen LogP contribution in [-0.4, -0.2) is 197 Å². The van der Waals surface area contributed by atoms with E-state index in [1.807, 2.05) is 61.0 Å². The first-order chi connectivity index (χ1) is 41.5. The molecule has 15 atom stereocenters. The number of allylic oxidation sites excluding steroid dienone is 6. The molecule has 0 spiro atoms. The largest absolute Gasteiger partial charge is 0.459 e. The molecule has 2 bridgehead atoms. The maximum absolute atomic E-state index is 14.6. The van der Waals surface area contributed by atoms with E-state index in [-0.39, 0.29) is 55.7 Å². The molecule has 1 aromatic heterocycles. The monoisotopic (exact) mass is 1220 g/mol. The Bertz CT molecular complexity index is 2610. The maximum Gasteiger partial charge on any atom is 0.407 e. The molecule has 23 nitrogen and oxygen atoms in total. The van der Waals surface area contributed by atoms with Crippen molar-refractivity contribution in [2.45, 2.75) is 199 Å². The first kappa shape index (κ1) is 70.3. The Morgan fingerprint density at radius 3 is 2.26 bits per heavy atom. The van der Waals surface area contributed by atoms with Crippen LogP contribution in [-0.2, 0) is 63.7 Å².